The molecule has 1 amide bonds. The lowest BCUT2D eigenvalue weighted by molar-refractivity contribution is -0.305. The Morgan fingerprint density at radius 3 is 1.49 bits per heavy atom. The molecule has 8 atom stereocenters. The zero-order chi connectivity index (χ0) is 54.0. The predicted molar refractivity (Wildman–Crippen MR) is 306 cm³/mol. The van der Waals surface area contributed by atoms with Crippen LogP contribution in [0.15, 0.2) is 72.9 Å². The topological polar surface area (TPSA) is 175 Å². The number of carbonyl (C=O) groups is 2. The number of esters is 1. The van der Waals surface area contributed by atoms with Gasteiger partial charge in [-0.3, -0.25) is 9.59 Å². The maximum absolute atomic E-state index is 13.4. The van der Waals surface area contributed by atoms with E-state index in [1.54, 1.807) is 6.08 Å². The standard InChI is InChI=1S/C63H111NO10/c1-4-7-10-13-16-19-22-25-26-27-28-29-30-33-36-39-42-45-48-51-58(68)74-61-60(70)59(69)57(52-65)73-63(61)72-53-54(55(66)49-46-43-40-37-34-31-23-20-17-14-11-8-5-2)64-62(71)56(67)50-47-44-41-38-35-32-24-21-18-15-12-9-6-3/h9,12,16,18-19,21,25-26,28-29,46,49,54-57,59-61,63,65-67,69-70H,4-8,10-11,13-15,17,20,22-24,27,30-45,47-48,50-53H2,1-3H3,(H,64,71)/b12-9+,19-16-,21-18+,26-25-,29-28-,49-46+. The maximum atomic E-state index is 13.4. The van der Waals surface area contributed by atoms with Crippen LogP contribution in [0.25, 0.3) is 0 Å². The molecule has 1 fully saturated rings. The van der Waals surface area contributed by atoms with Crippen LogP contribution in [0.3, 0.4) is 0 Å². The van der Waals surface area contributed by atoms with E-state index in [0.717, 1.165) is 122 Å². The number of unbranched alkanes of at least 4 members (excludes halogenated alkanes) is 26. The second-order valence-corrected chi connectivity index (χ2v) is 20.7. The van der Waals surface area contributed by atoms with Crippen molar-refractivity contribution in [3.63, 3.8) is 0 Å². The Bertz CT molecular complexity index is 1480. The molecule has 74 heavy (non-hydrogen) atoms. The Hall–Kier alpha value is -2.90. The van der Waals surface area contributed by atoms with Crippen LogP contribution < -0.4 is 5.32 Å². The number of carbonyl (C=O) groups excluding carboxylic acids is 2. The zero-order valence-electron chi connectivity index (χ0n) is 47.2. The van der Waals surface area contributed by atoms with E-state index in [4.69, 9.17) is 14.2 Å². The second kappa shape index (κ2) is 50.9. The lowest BCUT2D eigenvalue weighted by atomic mass is 9.99. The van der Waals surface area contributed by atoms with Gasteiger partial charge in [0.1, 0.15) is 24.4 Å². The molecule has 0 aromatic carbocycles. The van der Waals surface area contributed by atoms with E-state index in [1.165, 1.54) is 83.5 Å². The first-order valence-electron chi connectivity index (χ1n) is 30.2. The summed E-state index contributed by atoms with van der Waals surface area (Å²) in [6, 6.07) is -1.03. The van der Waals surface area contributed by atoms with E-state index in [-0.39, 0.29) is 19.4 Å². The Morgan fingerprint density at radius 1 is 0.541 bits per heavy atom. The first-order chi connectivity index (χ1) is 36.2. The summed E-state index contributed by atoms with van der Waals surface area (Å²) in [6.07, 6.45) is 53.6. The highest BCUT2D eigenvalue weighted by Gasteiger charge is 2.47. The number of aliphatic hydroxyl groups excluding tert-OH is 5. The summed E-state index contributed by atoms with van der Waals surface area (Å²) in [7, 11) is 0. The van der Waals surface area contributed by atoms with Crippen LogP contribution >= 0.6 is 0 Å². The van der Waals surface area contributed by atoms with Crippen molar-refractivity contribution in [2.45, 2.75) is 301 Å². The molecular formula is C63H111NO10. The molecule has 1 aliphatic rings. The first-order valence-corrected chi connectivity index (χ1v) is 30.2. The summed E-state index contributed by atoms with van der Waals surface area (Å²) in [4.78, 5) is 26.5. The van der Waals surface area contributed by atoms with Crippen LogP contribution in [0.4, 0.5) is 0 Å². The number of ether oxygens (including phenoxy) is 3. The zero-order valence-corrected chi connectivity index (χ0v) is 47.2. The van der Waals surface area contributed by atoms with Crippen molar-refractivity contribution < 1.29 is 49.3 Å². The lowest BCUT2D eigenvalue weighted by Gasteiger charge is -2.41. The van der Waals surface area contributed by atoms with Gasteiger partial charge in [-0.2, -0.15) is 0 Å². The summed E-state index contributed by atoms with van der Waals surface area (Å²) in [5.74, 6) is -1.22. The highest BCUT2D eigenvalue weighted by molar-refractivity contribution is 5.80. The highest BCUT2D eigenvalue weighted by Crippen LogP contribution is 2.26. The average molecular weight is 1040 g/mol. The average Bonchev–Trinajstić information content (AvgIpc) is 3.40. The van der Waals surface area contributed by atoms with Gasteiger partial charge in [0.25, 0.3) is 0 Å². The summed E-state index contributed by atoms with van der Waals surface area (Å²) < 4.78 is 17.6. The fourth-order valence-electron chi connectivity index (χ4n) is 9.05. The van der Waals surface area contributed by atoms with Crippen molar-refractivity contribution in [1.82, 2.24) is 5.32 Å². The number of amides is 1. The number of hydrogen-bond acceptors (Lipinski definition) is 10. The van der Waals surface area contributed by atoms with Gasteiger partial charge in [0.05, 0.1) is 25.4 Å². The molecule has 0 aromatic rings. The summed E-state index contributed by atoms with van der Waals surface area (Å²) in [5, 5.41) is 56.9. The first kappa shape index (κ1) is 69.1. The smallest absolute Gasteiger partial charge is 0.306 e. The summed E-state index contributed by atoms with van der Waals surface area (Å²) >= 11 is 0. The van der Waals surface area contributed by atoms with Gasteiger partial charge in [-0.1, -0.05) is 229 Å². The van der Waals surface area contributed by atoms with Gasteiger partial charge >= 0.3 is 5.97 Å². The van der Waals surface area contributed by atoms with Crippen molar-refractivity contribution in [1.29, 1.82) is 0 Å². The maximum Gasteiger partial charge on any atom is 0.306 e. The number of rotatable bonds is 50. The van der Waals surface area contributed by atoms with Gasteiger partial charge in [-0.25, -0.2) is 0 Å². The largest absolute Gasteiger partial charge is 0.454 e. The second-order valence-electron chi connectivity index (χ2n) is 20.7. The Balaban J connectivity index is 2.71. The number of allylic oxidation sites excluding steroid dienone is 11. The fraction of sp³-hybridized carbons (Fsp3) is 0.778. The Labute approximate surface area is 451 Å². The molecule has 0 bridgehead atoms. The fourth-order valence-corrected chi connectivity index (χ4v) is 9.05. The molecule has 1 rings (SSSR count). The quantitative estimate of drug-likeness (QED) is 0.0195. The van der Waals surface area contributed by atoms with Crippen molar-refractivity contribution in [2.75, 3.05) is 13.2 Å². The molecule has 1 saturated heterocycles. The van der Waals surface area contributed by atoms with Gasteiger partial charge in [0, 0.05) is 6.42 Å². The third-order valence-corrected chi connectivity index (χ3v) is 13.8. The SMILES string of the molecule is CC/C=C/C/C=C/CCCCCCCCC(O)C(=O)NC(COC1OC(CO)C(O)C(O)C1OC(=O)CCCCCCCC/C=C\C/C=C\C/C=C\CCCCC)C(O)/C=C/CCCCCCCCCCCCC. The predicted octanol–water partition coefficient (Wildman–Crippen LogP) is 14.0. The van der Waals surface area contributed by atoms with Crippen molar-refractivity contribution >= 4 is 11.9 Å². The third kappa shape index (κ3) is 38.6. The molecule has 0 radical (unpaired) electrons. The summed E-state index contributed by atoms with van der Waals surface area (Å²) in [5.41, 5.74) is 0. The molecule has 8 unspecified atom stereocenters. The van der Waals surface area contributed by atoms with Crippen molar-refractivity contribution in [3.8, 4) is 0 Å². The molecular weight excluding hydrogens is 931 g/mol. The van der Waals surface area contributed by atoms with Gasteiger partial charge in [-0.05, 0) is 89.9 Å². The molecule has 6 N–H and O–H groups in total. The van der Waals surface area contributed by atoms with Gasteiger partial charge in [-0.15, -0.1) is 0 Å². The van der Waals surface area contributed by atoms with E-state index < -0.39 is 67.4 Å². The van der Waals surface area contributed by atoms with Gasteiger partial charge in [0.15, 0.2) is 12.4 Å². The van der Waals surface area contributed by atoms with E-state index in [2.05, 4.69) is 86.8 Å². The molecule has 0 saturated carbocycles. The van der Waals surface area contributed by atoms with E-state index in [1.807, 2.05) is 6.08 Å². The molecule has 11 nitrogen and oxygen atoms in total. The number of aliphatic hydroxyl groups is 5. The van der Waals surface area contributed by atoms with Crippen LogP contribution in [0, 0.1) is 0 Å². The Morgan fingerprint density at radius 2 is 0.973 bits per heavy atom. The minimum Gasteiger partial charge on any atom is -0.454 e. The molecule has 0 spiro atoms. The van der Waals surface area contributed by atoms with Crippen LogP contribution in [-0.2, 0) is 23.8 Å². The van der Waals surface area contributed by atoms with E-state index in [0.29, 0.717) is 12.8 Å². The Kier molecular flexibility index (Phi) is 47.5. The minimum absolute atomic E-state index is 0.106. The normalized spacial score (nSPS) is 19.8. The van der Waals surface area contributed by atoms with Gasteiger partial charge in [0.2, 0.25) is 5.91 Å². The molecule has 0 aliphatic carbocycles. The number of hydrogen-bond donors (Lipinski definition) is 6. The molecule has 1 aliphatic heterocycles. The van der Waals surface area contributed by atoms with Crippen LogP contribution in [0.5, 0.6) is 0 Å². The number of nitrogens with one attached hydrogen (secondary N) is 1. The van der Waals surface area contributed by atoms with Crippen LogP contribution in [0.1, 0.15) is 252 Å². The van der Waals surface area contributed by atoms with Crippen molar-refractivity contribution in [2.24, 2.45) is 0 Å². The van der Waals surface area contributed by atoms with E-state index in [9.17, 15) is 35.1 Å². The molecule has 1 heterocycles. The molecule has 0 aromatic heterocycles. The highest BCUT2D eigenvalue weighted by atomic mass is 16.7. The minimum atomic E-state index is -1.62. The van der Waals surface area contributed by atoms with E-state index >= 15 is 0 Å². The lowest BCUT2D eigenvalue weighted by Crippen LogP contribution is -2.61. The monoisotopic (exact) mass is 1040 g/mol. The van der Waals surface area contributed by atoms with Crippen LogP contribution in [-0.4, -0.2) is 99.6 Å². The van der Waals surface area contributed by atoms with Crippen LogP contribution in [0.2, 0.25) is 0 Å². The molecule has 428 valence electrons. The van der Waals surface area contributed by atoms with Gasteiger partial charge < -0.3 is 45.1 Å². The summed E-state index contributed by atoms with van der Waals surface area (Å²) in [6.45, 7) is 5.64. The third-order valence-electron chi connectivity index (χ3n) is 13.8. The molecule has 11 heteroatoms. The van der Waals surface area contributed by atoms with Crippen molar-refractivity contribution in [3.05, 3.63) is 72.9 Å².